The van der Waals surface area contributed by atoms with E-state index >= 15 is 0 Å². The van der Waals surface area contributed by atoms with Crippen LogP contribution in [0, 0.1) is 0 Å². The highest BCUT2D eigenvalue weighted by atomic mass is 19.3. The molecule has 1 aliphatic rings. The predicted molar refractivity (Wildman–Crippen MR) is 99.2 cm³/mol. The van der Waals surface area contributed by atoms with Gasteiger partial charge in [-0.1, -0.05) is 0 Å². The number of rotatable bonds is 3. The van der Waals surface area contributed by atoms with Crippen molar-refractivity contribution in [3.8, 4) is 11.3 Å². The Labute approximate surface area is 157 Å². The van der Waals surface area contributed by atoms with E-state index in [9.17, 15) is 8.78 Å². The molecule has 9 nitrogen and oxygen atoms in total. The van der Waals surface area contributed by atoms with Crippen molar-refractivity contribution in [3.63, 3.8) is 0 Å². The highest BCUT2D eigenvalue weighted by Crippen LogP contribution is 2.30. The van der Waals surface area contributed by atoms with Gasteiger partial charge in [0.1, 0.15) is 11.6 Å². The van der Waals surface area contributed by atoms with Crippen LogP contribution in [-0.2, 0) is 0 Å². The van der Waals surface area contributed by atoms with Gasteiger partial charge >= 0.3 is 0 Å². The zero-order valence-electron chi connectivity index (χ0n) is 14.9. The first kappa shape index (κ1) is 16.8. The number of nitrogens with zero attached hydrogens (tertiary/aromatic N) is 7. The molecule has 4 aromatic heterocycles. The lowest BCUT2D eigenvalue weighted by atomic mass is 10.2. The molecule has 0 amide bonds. The van der Waals surface area contributed by atoms with Crippen molar-refractivity contribution < 1.29 is 8.78 Å². The van der Waals surface area contributed by atoms with Crippen LogP contribution in [0.1, 0.15) is 0 Å². The van der Waals surface area contributed by atoms with Crippen LogP contribution in [0.3, 0.4) is 0 Å². The summed E-state index contributed by atoms with van der Waals surface area (Å²) in [5.74, 6) is -2.62. The second-order valence-electron chi connectivity index (χ2n) is 6.94. The second kappa shape index (κ2) is 5.83. The molecule has 0 bridgehead atoms. The summed E-state index contributed by atoms with van der Waals surface area (Å²) in [6, 6.07) is 4.35. The maximum atomic E-state index is 14.1. The third-order valence-corrected chi connectivity index (χ3v) is 4.86. The van der Waals surface area contributed by atoms with Crippen LogP contribution in [0.2, 0.25) is 0 Å². The molecule has 0 spiro atoms. The molecular weight excluding hydrogens is 368 g/mol. The fraction of sp³-hybridized carbons (Fsp3) is 0.294. The average Bonchev–Trinajstić information content (AvgIpc) is 3.31. The molecule has 28 heavy (non-hydrogen) atoms. The van der Waals surface area contributed by atoms with Crippen LogP contribution in [0.25, 0.3) is 22.4 Å². The number of nitrogen functional groups attached to an aromatic ring is 1. The quantitative estimate of drug-likeness (QED) is 0.549. The minimum atomic E-state index is -2.87. The molecular formula is C17H17F2N9. The fourth-order valence-electron chi connectivity index (χ4n) is 3.57. The van der Waals surface area contributed by atoms with Crippen molar-refractivity contribution in [2.45, 2.75) is 12.0 Å². The van der Waals surface area contributed by atoms with Crippen LogP contribution in [-0.4, -0.2) is 66.2 Å². The minimum Gasteiger partial charge on any atom is -0.382 e. The molecule has 1 saturated heterocycles. The molecule has 1 fully saturated rings. The molecule has 4 aromatic rings. The van der Waals surface area contributed by atoms with E-state index < -0.39 is 12.0 Å². The van der Waals surface area contributed by atoms with Crippen molar-refractivity contribution in [1.82, 2.24) is 34.1 Å². The Kier molecular flexibility index (Phi) is 3.50. The Morgan fingerprint density at radius 3 is 2.79 bits per heavy atom. The van der Waals surface area contributed by atoms with E-state index in [0.29, 0.717) is 16.9 Å². The Morgan fingerprint density at radius 2 is 2.00 bits per heavy atom. The first-order valence-electron chi connectivity index (χ1n) is 8.69. The van der Waals surface area contributed by atoms with Crippen molar-refractivity contribution in [2.75, 3.05) is 31.2 Å². The number of hydrogen-bond donors (Lipinski definition) is 2. The SMILES string of the molecule is CN1CC(Nc2nc(N)c3c(-c4ccn5nccc5n4)ccn3n2)C(F)(F)C1. The molecule has 1 aliphatic heterocycles. The van der Waals surface area contributed by atoms with Crippen molar-refractivity contribution in [2.24, 2.45) is 0 Å². The number of aromatic nitrogens is 6. The van der Waals surface area contributed by atoms with Gasteiger partial charge in [-0.2, -0.15) is 10.1 Å². The van der Waals surface area contributed by atoms with Gasteiger partial charge < -0.3 is 11.1 Å². The van der Waals surface area contributed by atoms with Gasteiger partial charge in [-0.05, 0) is 19.2 Å². The van der Waals surface area contributed by atoms with Crippen LogP contribution < -0.4 is 11.1 Å². The highest BCUT2D eigenvalue weighted by Gasteiger charge is 2.47. The second-order valence-corrected chi connectivity index (χ2v) is 6.94. The summed E-state index contributed by atoms with van der Waals surface area (Å²) >= 11 is 0. The van der Waals surface area contributed by atoms with Crippen molar-refractivity contribution in [1.29, 1.82) is 0 Å². The van der Waals surface area contributed by atoms with Crippen molar-refractivity contribution >= 4 is 22.9 Å². The number of alkyl halides is 2. The number of anilines is 2. The van der Waals surface area contributed by atoms with E-state index in [1.165, 1.54) is 4.52 Å². The van der Waals surface area contributed by atoms with Gasteiger partial charge in [0.05, 0.1) is 18.4 Å². The van der Waals surface area contributed by atoms with Crippen LogP contribution >= 0.6 is 0 Å². The topological polar surface area (TPSA) is 102 Å². The van der Waals surface area contributed by atoms with E-state index in [2.05, 4.69) is 25.5 Å². The third-order valence-electron chi connectivity index (χ3n) is 4.86. The molecule has 5 heterocycles. The van der Waals surface area contributed by atoms with E-state index in [1.807, 2.05) is 12.1 Å². The summed E-state index contributed by atoms with van der Waals surface area (Å²) in [5.41, 5.74) is 8.85. The summed E-state index contributed by atoms with van der Waals surface area (Å²) < 4.78 is 31.3. The number of hydrogen-bond acceptors (Lipinski definition) is 7. The fourth-order valence-corrected chi connectivity index (χ4v) is 3.57. The van der Waals surface area contributed by atoms with Crippen LogP contribution in [0.15, 0.2) is 36.8 Å². The first-order valence-corrected chi connectivity index (χ1v) is 8.69. The molecule has 144 valence electrons. The van der Waals surface area contributed by atoms with E-state index in [1.54, 1.807) is 41.1 Å². The lowest BCUT2D eigenvalue weighted by molar-refractivity contribution is 0.00584. The summed E-state index contributed by atoms with van der Waals surface area (Å²) in [7, 11) is 1.65. The molecule has 0 aromatic carbocycles. The van der Waals surface area contributed by atoms with E-state index in [0.717, 1.165) is 5.56 Å². The lowest BCUT2D eigenvalue weighted by Crippen LogP contribution is -2.38. The monoisotopic (exact) mass is 385 g/mol. The highest BCUT2D eigenvalue weighted by molar-refractivity contribution is 5.86. The van der Waals surface area contributed by atoms with Gasteiger partial charge in [0.15, 0.2) is 11.5 Å². The van der Waals surface area contributed by atoms with Crippen LogP contribution in [0.4, 0.5) is 20.5 Å². The van der Waals surface area contributed by atoms with Gasteiger partial charge in [0.2, 0.25) is 5.95 Å². The number of nitrogens with two attached hydrogens (primary N) is 1. The zero-order valence-corrected chi connectivity index (χ0v) is 14.9. The predicted octanol–water partition coefficient (Wildman–Crippen LogP) is 1.38. The number of halogens is 2. The Bertz CT molecular complexity index is 1180. The number of likely N-dealkylation sites (N-methyl/N-ethyl adjacent to an activating group) is 1. The maximum Gasteiger partial charge on any atom is 0.281 e. The normalized spacial score (nSPS) is 19.6. The summed E-state index contributed by atoms with van der Waals surface area (Å²) in [4.78, 5) is 10.3. The number of nitrogens with one attached hydrogen (secondary N) is 1. The average molecular weight is 385 g/mol. The molecule has 5 rings (SSSR count). The number of likely N-dealkylation sites (tertiary alicyclic amines) is 1. The zero-order chi connectivity index (χ0) is 19.5. The lowest BCUT2D eigenvalue weighted by Gasteiger charge is -2.19. The molecule has 11 heteroatoms. The summed E-state index contributed by atoms with van der Waals surface area (Å²) in [6.45, 7) is -0.112. The van der Waals surface area contributed by atoms with Gasteiger partial charge in [-0.25, -0.2) is 22.8 Å². The third kappa shape index (κ3) is 2.62. The van der Waals surface area contributed by atoms with Crippen LogP contribution in [0.5, 0.6) is 0 Å². The molecule has 0 saturated carbocycles. The molecule has 1 atom stereocenters. The molecule has 0 aliphatic carbocycles. The first-order chi connectivity index (χ1) is 13.4. The molecule has 0 radical (unpaired) electrons. The summed E-state index contributed by atoms with van der Waals surface area (Å²) in [5, 5.41) is 11.2. The molecule has 3 N–H and O–H groups in total. The van der Waals surface area contributed by atoms with Gasteiger partial charge in [-0.15, -0.1) is 5.10 Å². The largest absolute Gasteiger partial charge is 0.382 e. The minimum absolute atomic E-state index is 0.0614. The van der Waals surface area contributed by atoms with Crippen molar-refractivity contribution in [3.05, 3.63) is 36.8 Å². The Morgan fingerprint density at radius 1 is 1.18 bits per heavy atom. The van der Waals surface area contributed by atoms with Gasteiger partial charge in [0, 0.05) is 30.6 Å². The summed E-state index contributed by atoms with van der Waals surface area (Å²) in [6.07, 6.45) is 5.16. The van der Waals surface area contributed by atoms with E-state index in [4.69, 9.17) is 5.73 Å². The van der Waals surface area contributed by atoms with Gasteiger partial charge in [-0.3, -0.25) is 4.90 Å². The molecule has 1 unspecified atom stereocenters. The van der Waals surface area contributed by atoms with E-state index in [-0.39, 0.29) is 24.9 Å². The standard InChI is InChI=1S/C17H17F2N9/c1-26-8-12(17(18,19)9-26)23-16-24-15(20)14-10(3-6-28(14)25-16)11-4-7-27-13(22-11)2-5-21-27/h2-7,12H,8-9H2,1H3,(H3,20,23,24,25). The Balaban J connectivity index is 1.53. The Hall–Kier alpha value is -3.34. The number of fused-ring (bicyclic) bond motifs is 2. The smallest absolute Gasteiger partial charge is 0.281 e. The maximum absolute atomic E-state index is 14.1. The van der Waals surface area contributed by atoms with Gasteiger partial charge in [0.25, 0.3) is 5.92 Å².